The Labute approximate surface area is 130 Å². The molecule has 1 saturated heterocycles. The van der Waals surface area contributed by atoms with Crippen molar-refractivity contribution in [3.63, 3.8) is 0 Å². The summed E-state index contributed by atoms with van der Waals surface area (Å²) in [5, 5.41) is 0. The zero-order valence-corrected chi connectivity index (χ0v) is 13.2. The van der Waals surface area contributed by atoms with E-state index < -0.39 is 0 Å². The molecule has 5 heteroatoms. The molecule has 0 atom stereocenters. The fraction of sp³-hybridized carbons (Fsp3) is 0.529. The molecule has 0 bridgehead atoms. The predicted octanol–water partition coefficient (Wildman–Crippen LogP) is 1.98. The van der Waals surface area contributed by atoms with E-state index in [-0.39, 0.29) is 25.0 Å². The fourth-order valence-electron chi connectivity index (χ4n) is 2.98. The summed E-state index contributed by atoms with van der Waals surface area (Å²) in [7, 11) is 0. The number of benzene rings is 1. The van der Waals surface area contributed by atoms with Crippen LogP contribution in [0.25, 0.3) is 0 Å². The number of hydrogen-bond acceptors (Lipinski definition) is 3. The molecule has 1 aromatic rings. The average molecular weight is 302 g/mol. The lowest BCUT2D eigenvalue weighted by atomic mass is 9.99. The molecule has 3 rings (SSSR count). The van der Waals surface area contributed by atoms with Crippen molar-refractivity contribution in [2.75, 3.05) is 31.1 Å². The van der Waals surface area contributed by atoms with Gasteiger partial charge in [0.1, 0.15) is 12.3 Å². The Bertz CT molecular complexity index is 592. The highest BCUT2D eigenvalue weighted by atomic mass is 16.5. The largest absolute Gasteiger partial charge is 0.482 e. The van der Waals surface area contributed by atoms with Crippen LogP contribution in [-0.4, -0.2) is 43.0 Å². The maximum atomic E-state index is 12.5. The van der Waals surface area contributed by atoms with Crippen molar-refractivity contribution in [3.8, 4) is 5.75 Å². The molecule has 2 amide bonds. The Morgan fingerprint density at radius 3 is 2.77 bits per heavy atom. The molecule has 2 aliphatic rings. The second kappa shape index (κ2) is 5.99. The molecule has 22 heavy (non-hydrogen) atoms. The molecule has 0 aromatic heterocycles. The zero-order chi connectivity index (χ0) is 15.7. The number of rotatable bonds is 2. The summed E-state index contributed by atoms with van der Waals surface area (Å²) >= 11 is 0. The topological polar surface area (TPSA) is 49.9 Å². The molecule has 0 saturated carbocycles. The van der Waals surface area contributed by atoms with Gasteiger partial charge in [0.05, 0.1) is 5.69 Å². The Morgan fingerprint density at radius 2 is 2.05 bits per heavy atom. The van der Waals surface area contributed by atoms with Gasteiger partial charge in [0.25, 0.3) is 5.91 Å². The number of anilines is 1. The van der Waals surface area contributed by atoms with Crippen LogP contribution in [0.1, 0.15) is 25.3 Å². The summed E-state index contributed by atoms with van der Waals surface area (Å²) in [6.07, 6.45) is 2.08. The third kappa shape index (κ3) is 2.93. The number of hydrogen-bond donors (Lipinski definition) is 0. The Hall–Kier alpha value is -2.04. The SMILES string of the molecule is Cc1ccc2c(c1)OCC(=O)N2CC(=O)N1CCC(C)CC1. The highest BCUT2D eigenvalue weighted by Gasteiger charge is 2.29. The van der Waals surface area contributed by atoms with Gasteiger partial charge in [0.15, 0.2) is 6.61 Å². The second-order valence-corrected chi connectivity index (χ2v) is 6.30. The van der Waals surface area contributed by atoms with Gasteiger partial charge in [-0.2, -0.15) is 0 Å². The van der Waals surface area contributed by atoms with Gasteiger partial charge in [0.2, 0.25) is 5.91 Å². The number of ether oxygens (including phenoxy) is 1. The standard InChI is InChI=1S/C17H22N2O3/c1-12-5-7-18(8-6-12)16(20)10-19-14-4-3-13(2)9-15(14)22-11-17(19)21/h3-4,9,12H,5-8,10-11H2,1-2H3. The maximum absolute atomic E-state index is 12.5. The molecular formula is C17H22N2O3. The van der Waals surface area contributed by atoms with Crippen molar-refractivity contribution in [1.29, 1.82) is 0 Å². The van der Waals surface area contributed by atoms with Gasteiger partial charge >= 0.3 is 0 Å². The minimum absolute atomic E-state index is 0.000761. The summed E-state index contributed by atoms with van der Waals surface area (Å²) in [5.41, 5.74) is 1.77. The lowest BCUT2D eigenvalue weighted by Gasteiger charge is -2.34. The molecule has 1 fully saturated rings. The first kappa shape index (κ1) is 14.9. The number of piperidine rings is 1. The quantitative estimate of drug-likeness (QED) is 0.839. The van der Waals surface area contributed by atoms with E-state index in [1.54, 1.807) is 4.90 Å². The lowest BCUT2D eigenvalue weighted by Crippen LogP contribution is -2.48. The number of fused-ring (bicyclic) bond motifs is 1. The van der Waals surface area contributed by atoms with E-state index in [9.17, 15) is 9.59 Å². The van der Waals surface area contributed by atoms with E-state index in [0.717, 1.165) is 31.5 Å². The first-order chi connectivity index (χ1) is 10.5. The molecule has 1 aromatic carbocycles. The Balaban J connectivity index is 1.74. The molecular weight excluding hydrogens is 280 g/mol. The molecule has 2 aliphatic heterocycles. The van der Waals surface area contributed by atoms with E-state index in [4.69, 9.17) is 4.74 Å². The van der Waals surface area contributed by atoms with E-state index in [1.807, 2.05) is 30.0 Å². The maximum Gasteiger partial charge on any atom is 0.265 e. The number of likely N-dealkylation sites (tertiary alicyclic amines) is 1. The van der Waals surface area contributed by atoms with E-state index in [0.29, 0.717) is 17.4 Å². The van der Waals surface area contributed by atoms with Crippen molar-refractivity contribution >= 4 is 17.5 Å². The van der Waals surface area contributed by atoms with Crippen LogP contribution in [-0.2, 0) is 9.59 Å². The molecule has 0 N–H and O–H groups in total. The van der Waals surface area contributed by atoms with E-state index in [1.165, 1.54) is 0 Å². The van der Waals surface area contributed by atoms with Crippen LogP contribution in [0.4, 0.5) is 5.69 Å². The van der Waals surface area contributed by atoms with Crippen molar-refractivity contribution in [2.24, 2.45) is 5.92 Å². The first-order valence-electron chi connectivity index (χ1n) is 7.86. The van der Waals surface area contributed by atoms with Crippen LogP contribution in [0.5, 0.6) is 5.75 Å². The minimum Gasteiger partial charge on any atom is -0.482 e. The molecule has 118 valence electrons. The van der Waals surface area contributed by atoms with Crippen LogP contribution < -0.4 is 9.64 Å². The van der Waals surface area contributed by atoms with Crippen molar-refractivity contribution < 1.29 is 14.3 Å². The van der Waals surface area contributed by atoms with Crippen LogP contribution in [0.15, 0.2) is 18.2 Å². The monoisotopic (exact) mass is 302 g/mol. The van der Waals surface area contributed by atoms with Gasteiger partial charge in [-0.3, -0.25) is 14.5 Å². The summed E-state index contributed by atoms with van der Waals surface area (Å²) < 4.78 is 5.47. The molecule has 0 spiro atoms. The highest BCUT2D eigenvalue weighted by Crippen LogP contribution is 2.32. The van der Waals surface area contributed by atoms with Crippen molar-refractivity contribution in [1.82, 2.24) is 4.90 Å². The normalized spacial score (nSPS) is 18.9. The van der Waals surface area contributed by atoms with Crippen molar-refractivity contribution in [3.05, 3.63) is 23.8 Å². The predicted molar refractivity (Wildman–Crippen MR) is 84.0 cm³/mol. The number of nitrogens with zero attached hydrogens (tertiary/aromatic N) is 2. The zero-order valence-electron chi connectivity index (χ0n) is 13.2. The van der Waals surface area contributed by atoms with Crippen molar-refractivity contribution in [2.45, 2.75) is 26.7 Å². The molecule has 0 aliphatic carbocycles. The third-order valence-corrected chi connectivity index (χ3v) is 4.49. The molecule has 2 heterocycles. The van der Waals surface area contributed by atoms with Gasteiger partial charge in [-0.05, 0) is 43.4 Å². The Kier molecular flexibility index (Phi) is 4.05. The smallest absolute Gasteiger partial charge is 0.265 e. The van der Waals surface area contributed by atoms with Gasteiger partial charge in [-0.15, -0.1) is 0 Å². The van der Waals surface area contributed by atoms with E-state index in [2.05, 4.69) is 6.92 Å². The van der Waals surface area contributed by atoms with Gasteiger partial charge in [0, 0.05) is 13.1 Å². The summed E-state index contributed by atoms with van der Waals surface area (Å²) in [4.78, 5) is 28.1. The van der Waals surface area contributed by atoms with Crippen LogP contribution in [0.3, 0.4) is 0 Å². The summed E-state index contributed by atoms with van der Waals surface area (Å²) in [6, 6.07) is 5.69. The Morgan fingerprint density at radius 1 is 1.32 bits per heavy atom. The molecule has 0 unspecified atom stereocenters. The third-order valence-electron chi connectivity index (χ3n) is 4.49. The van der Waals surface area contributed by atoms with Crippen LogP contribution >= 0.6 is 0 Å². The minimum atomic E-state index is -0.157. The average Bonchev–Trinajstić information content (AvgIpc) is 2.50. The number of carbonyl (C=O) groups excluding carboxylic acids is 2. The molecule has 0 radical (unpaired) electrons. The fourth-order valence-corrected chi connectivity index (χ4v) is 2.98. The first-order valence-corrected chi connectivity index (χ1v) is 7.86. The van der Waals surface area contributed by atoms with Crippen LogP contribution in [0, 0.1) is 12.8 Å². The number of carbonyl (C=O) groups is 2. The van der Waals surface area contributed by atoms with Gasteiger partial charge < -0.3 is 9.64 Å². The second-order valence-electron chi connectivity index (χ2n) is 6.30. The highest BCUT2D eigenvalue weighted by molar-refractivity contribution is 6.02. The summed E-state index contributed by atoms with van der Waals surface area (Å²) in [5.74, 6) is 1.22. The van der Waals surface area contributed by atoms with Gasteiger partial charge in [-0.1, -0.05) is 13.0 Å². The van der Waals surface area contributed by atoms with E-state index >= 15 is 0 Å². The van der Waals surface area contributed by atoms with Gasteiger partial charge in [-0.25, -0.2) is 0 Å². The summed E-state index contributed by atoms with van der Waals surface area (Å²) in [6.45, 7) is 5.88. The number of aryl methyl sites for hydroxylation is 1. The molecule has 5 nitrogen and oxygen atoms in total. The lowest BCUT2D eigenvalue weighted by molar-refractivity contribution is -0.133. The number of amides is 2. The van der Waals surface area contributed by atoms with Crippen LogP contribution in [0.2, 0.25) is 0 Å².